The number of nitrogens with zero attached hydrogens (tertiary/aromatic N) is 2. The topological polar surface area (TPSA) is 70.4 Å². The first-order valence-electron chi connectivity index (χ1n) is 6.19. The fraction of sp³-hybridized carbons (Fsp3) is 0.214. The number of halogens is 1. The SMILES string of the molecule is CC(=O)OI(OC(C)=O)c1cnn(Cc2ccccc2)c1. The minimum absolute atomic E-state index is 0.461. The summed E-state index contributed by atoms with van der Waals surface area (Å²) in [5.74, 6) is -0.922. The molecule has 0 N–H and O–H groups in total. The summed E-state index contributed by atoms with van der Waals surface area (Å²) in [6.45, 7) is 3.19. The average Bonchev–Trinajstić information content (AvgIpc) is 2.86. The van der Waals surface area contributed by atoms with Gasteiger partial charge in [0.2, 0.25) is 0 Å². The van der Waals surface area contributed by atoms with Gasteiger partial charge >= 0.3 is 130 Å². The van der Waals surface area contributed by atoms with Gasteiger partial charge < -0.3 is 0 Å². The van der Waals surface area contributed by atoms with Gasteiger partial charge in [-0.3, -0.25) is 0 Å². The van der Waals surface area contributed by atoms with Crippen molar-refractivity contribution in [3.05, 3.63) is 51.9 Å². The van der Waals surface area contributed by atoms with Crippen molar-refractivity contribution < 1.29 is 15.7 Å². The zero-order valence-electron chi connectivity index (χ0n) is 11.7. The number of rotatable bonds is 5. The van der Waals surface area contributed by atoms with Crippen LogP contribution in [-0.2, 0) is 22.3 Å². The van der Waals surface area contributed by atoms with Crippen molar-refractivity contribution in [2.24, 2.45) is 0 Å². The van der Waals surface area contributed by atoms with Crippen LogP contribution in [0, 0.1) is 3.57 Å². The van der Waals surface area contributed by atoms with Crippen LogP contribution in [0.2, 0.25) is 0 Å². The monoisotopic (exact) mass is 402 g/mol. The fourth-order valence-corrected chi connectivity index (χ4v) is 4.20. The van der Waals surface area contributed by atoms with Crippen LogP contribution in [0.5, 0.6) is 0 Å². The molecule has 0 amide bonds. The molecule has 2 rings (SSSR count). The van der Waals surface area contributed by atoms with Gasteiger partial charge in [-0.2, -0.15) is 0 Å². The summed E-state index contributed by atoms with van der Waals surface area (Å²) >= 11 is -2.77. The molecule has 0 aliphatic rings. The Morgan fingerprint density at radius 2 is 1.76 bits per heavy atom. The Kier molecular flexibility index (Phi) is 5.32. The Morgan fingerprint density at radius 3 is 2.33 bits per heavy atom. The van der Waals surface area contributed by atoms with Crippen molar-refractivity contribution in [1.82, 2.24) is 9.78 Å². The average molecular weight is 402 g/mol. The van der Waals surface area contributed by atoms with E-state index in [1.807, 2.05) is 30.3 Å². The van der Waals surface area contributed by atoms with E-state index in [0.717, 1.165) is 5.56 Å². The maximum atomic E-state index is 11.1. The van der Waals surface area contributed by atoms with Crippen LogP contribution in [-0.4, -0.2) is 21.7 Å². The molecule has 1 heterocycles. The molecule has 112 valence electrons. The van der Waals surface area contributed by atoms with E-state index in [2.05, 4.69) is 5.10 Å². The number of hydrogen-bond donors (Lipinski definition) is 0. The summed E-state index contributed by atoms with van der Waals surface area (Å²) in [4.78, 5) is 22.2. The predicted octanol–water partition coefficient (Wildman–Crippen LogP) is 2.56. The van der Waals surface area contributed by atoms with Crippen molar-refractivity contribution in [3.8, 4) is 0 Å². The predicted molar refractivity (Wildman–Crippen MR) is 84.0 cm³/mol. The molecule has 0 aliphatic heterocycles. The van der Waals surface area contributed by atoms with Gasteiger partial charge in [-0.15, -0.1) is 0 Å². The molecule has 0 fully saturated rings. The van der Waals surface area contributed by atoms with Crippen molar-refractivity contribution in [3.63, 3.8) is 0 Å². The van der Waals surface area contributed by atoms with Gasteiger partial charge in [-0.25, -0.2) is 0 Å². The second-order valence-electron chi connectivity index (χ2n) is 4.20. The molecule has 0 atom stereocenters. The zero-order valence-corrected chi connectivity index (χ0v) is 13.8. The van der Waals surface area contributed by atoms with Crippen molar-refractivity contribution in [2.45, 2.75) is 20.4 Å². The van der Waals surface area contributed by atoms with Crippen molar-refractivity contribution >= 4 is 32.6 Å². The molecular weight excluding hydrogens is 387 g/mol. The third-order valence-electron chi connectivity index (χ3n) is 2.32. The molecular formula is C14H15IN2O4. The number of benzene rings is 1. The fourth-order valence-electron chi connectivity index (χ4n) is 1.58. The molecule has 0 unspecified atom stereocenters. The molecule has 0 spiro atoms. The van der Waals surface area contributed by atoms with Crippen LogP contribution in [0.15, 0.2) is 42.7 Å². The first kappa shape index (κ1) is 15.5. The third kappa shape index (κ3) is 4.85. The summed E-state index contributed by atoms with van der Waals surface area (Å²) in [5, 5.41) is 4.22. The van der Waals surface area contributed by atoms with E-state index in [0.29, 0.717) is 10.1 Å². The van der Waals surface area contributed by atoms with E-state index in [1.54, 1.807) is 17.1 Å². The van der Waals surface area contributed by atoms with Gasteiger partial charge in [0.1, 0.15) is 0 Å². The van der Waals surface area contributed by atoms with Crippen LogP contribution < -0.4 is 0 Å². The van der Waals surface area contributed by atoms with E-state index >= 15 is 0 Å². The second kappa shape index (κ2) is 7.21. The minimum atomic E-state index is -2.77. The van der Waals surface area contributed by atoms with Gasteiger partial charge in [0.15, 0.2) is 0 Å². The van der Waals surface area contributed by atoms with Gasteiger partial charge in [0, 0.05) is 0 Å². The summed E-state index contributed by atoms with van der Waals surface area (Å²) in [6.07, 6.45) is 3.34. The second-order valence-corrected chi connectivity index (χ2v) is 7.56. The number of aromatic nitrogens is 2. The molecule has 0 saturated heterocycles. The number of carbonyl (C=O) groups is 2. The van der Waals surface area contributed by atoms with Crippen LogP contribution in [0.4, 0.5) is 0 Å². The Morgan fingerprint density at radius 1 is 1.14 bits per heavy atom. The van der Waals surface area contributed by atoms with Crippen LogP contribution in [0.25, 0.3) is 0 Å². The first-order chi connectivity index (χ1) is 10.0. The van der Waals surface area contributed by atoms with Crippen LogP contribution in [0.1, 0.15) is 19.4 Å². The van der Waals surface area contributed by atoms with E-state index in [4.69, 9.17) is 6.13 Å². The number of hydrogen-bond acceptors (Lipinski definition) is 5. The van der Waals surface area contributed by atoms with E-state index < -0.39 is 32.6 Å². The normalized spacial score (nSPS) is 10.9. The Hall–Kier alpha value is -1.90. The Bertz CT molecular complexity index is 611. The maximum absolute atomic E-state index is 11.1. The Balaban J connectivity index is 2.12. The molecule has 21 heavy (non-hydrogen) atoms. The van der Waals surface area contributed by atoms with E-state index in [-0.39, 0.29) is 0 Å². The van der Waals surface area contributed by atoms with E-state index in [9.17, 15) is 9.59 Å². The molecule has 1 aromatic carbocycles. The van der Waals surface area contributed by atoms with Gasteiger partial charge in [-0.05, 0) is 0 Å². The van der Waals surface area contributed by atoms with Gasteiger partial charge in [0.25, 0.3) is 0 Å². The molecule has 7 heteroatoms. The van der Waals surface area contributed by atoms with Gasteiger partial charge in [0.05, 0.1) is 0 Å². The number of carbonyl (C=O) groups excluding carboxylic acids is 2. The van der Waals surface area contributed by atoms with Gasteiger partial charge in [-0.1, -0.05) is 0 Å². The molecule has 0 bridgehead atoms. The molecule has 0 saturated carbocycles. The molecule has 0 aliphatic carbocycles. The quantitative estimate of drug-likeness (QED) is 0.720. The van der Waals surface area contributed by atoms with Crippen molar-refractivity contribution in [1.29, 1.82) is 0 Å². The summed E-state index contributed by atoms with van der Waals surface area (Å²) in [5.41, 5.74) is 1.10. The molecule has 1 aromatic heterocycles. The zero-order chi connectivity index (χ0) is 15.2. The standard InChI is InChI=1S/C14H15IN2O4/c1-11(18)20-15(21-12(2)19)14-8-16-17(10-14)9-13-6-4-3-5-7-13/h3-8,10H,9H2,1-2H3. The molecule has 0 radical (unpaired) electrons. The van der Waals surface area contributed by atoms with Crippen LogP contribution in [0.3, 0.4) is 0 Å². The molecule has 2 aromatic rings. The van der Waals surface area contributed by atoms with Crippen molar-refractivity contribution in [2.75, 3.05) is 0 Å². The summed E-state index contributed by atoms with van der Waals surface area (Å²) in [6, 6.07) is 9.85. The Labute approximate surface area is 130 Å². The summed E-state index contributed by atoms with van der Waals surface area (Å²) in [7, 11) is 0. The summed E-state index contributed by atoms with van der Waals surface area (Å²) < 4.78 is 12.7. The third-order valence-corrected chi connectivity index (χ3v) is 5.94. The van der Waals surface area contributed by atoms with E-state index in [1.165, 1.54) is 13.8 Å². The van der Waals surface area contributed by atoms with Crippen LogP contribution >= 0.6 is 20.6 Å². The first-order valence-corrected chi connectivity index (χ1v) is 9.03. The molecule has 6 nitrogen and oxygen atoms in total.